The van der Waals surface area contributed by atoms with Crippen molar-refractivity contribution in [1.29, 1.82) is 0 Å². The summed E-state index contributed by atoms with van der Waals surface area (Å²) in [4.78, 5) is 4.14. The second kappa shape index (κ2) is 5.67. The second-order valence-corrected chi connectivity index (χ2v) is 5.63. The van der Waals surface area contributed by atoms with Gasteiger partial charge in [-0.2, -0.15) is 0 Å². The van der Waals surface area contributed by atoms with Crippen molar-refractivity contribution in [1.82, 2.24) is 14.9 Å². The van der Waals surface area contributed by atoms with E-state index in [-0.39, 0.29) is 0 Å². The molecule has 4 nitrogen and oxygen atoms in total. The van der Waals surface area contributed by atoms with Gasteiger partial charge in [0.15, 0.2) is 0 Å². The summed E-state index contributed by atoms with van der Waals surface area (Å²) in [6, 6.07) is 6.68. The Morgan fingerprint density at radius 2 is 2.30 bits per heavy atom. The lowest BCUT2D eigenvalue weighted by Gasteiger charge is -2.22. The van der Waals surface area contributed by atoms with Crippen molar-refractivity contribution in [3.63, 3.8) is 0 Å². The molecule has 0 saturated heterocycles. The molecule has 3 rings (SSSR count). The summed E-state index contributed by atoms with van der Waals surface area (Å²) in [6.45, 7) is 2.76. The lowest BCUT2D eigenvalue weighted by Crippen LogP contribution is -2.33. The van der Waals surface area contributed by atoms with Gasteiger partial charge in [-0.15, -0.1) is 0 Å². The minimum atomic E-state index is 0.375. The van der Waals surface area contributed by atoms with Crippen molar-refractivity contribution < 1.29 is 5.11 Å². The summed E-state index contributed by atoms with van der Waals surface area (Å²) in [5.74, 6) is 0.375. The SMILES string of the molecule is Cc1ccc(O)c(CNC2CCCC2n2ccnc2)c1. The van der Waals surface area contributed by atoms with Gasteiger partial charge in [0.25, 0.3) is 0 Å². The molecule has 2 aromatic rings. The fraction of sp³-hybridized carbons (Fsp3) is 0.438. The predicted octanol–water partition coefficient (Wildman–Crippen LogP) is 2.78. The molecule has 1 heterocycles. The molecule has 20 heavy (non-hydrogen) atoms. The van der Waals surface area contributed by atoms with Gasteiger partial charge in [0.05, 0.1) is 6.33 Å². The highest BCUT2D eigenvalue weighted by atomic mass is 16.3. The molecule has 1 aromatic heterocycles. The topological polar surface area (TPSA) is 50.1 Å². The van der Waals surface area contributed by atoms with Crippen LogP contribution >= 0.6 is 0 Å². The third-order valence-electron chi connectivity index (χ3n) is 4.18. The number of rotatable bonds is 4. The highest BCUT2D eigenvalue weighted by molar-refractivity contribution is 5.35. The molecular weight excluding hydrogens is 250 g/mol. The summed E-state index contributed by atoms with van der Waals surface area (Å²) < 4.78 is 2.20. The highest BCUT2D eigenvalue weighted by Crippen LogP contribution is 2.30. The van der Waals surface area contributed by atoms with Crippen LogP contribution in [0.3, 0.4) is 0 Å². The molecule has 0 aliphatic heterocycles. The fourth-order valence-corrected chi connectivity index (χ4v) is 3.10. The van der Waals surface area contributed by atoms with E-state index in [2.05, 4.69) is 14.9 Å². The number of phenols is 1. The van der Waals surface area contributed by atoms with E-state index in [1.165, 1.54) is 24.8 Å². The summed E-state index contributed by atoms with van der Waals surface area (Å²) in [5, 5.41) is 13.5. The lowest BCUT2D eigenvalue weighted by atomic mass is 10.1. The molecule has 0 bridgehead atoms. The van der Waals surface area contributed by atoms with E-state index in [0.29, 0.717) is 24.4 Å². The molecule has 0 radical (unpaired) electrons. The largest absolute Gasteiger partial charge is 0.508 e. The Morgan fingerprint density at radius 1 is 1.40 bits per heavy atom. The Morgan fingerprint density at radius 3 is 3.10 bits per heavy atom. The molecule has 0 amide bonds. The molecule has 2 atom stereocenters. The maximum atomic E-state index is 9.90. The van der Waals surface area contributed by atoms with Crippen LogP contribution in [0.4, 0.5) is 0 Å². The van der Waals surface area contributed by atoms with E-state index in [0.717, 1.165) is 5.56 Å². The van der Waals surface area contributed by atoms with Crippen LogP contribution in [0.15, 0.2) is 36.9 Å². The number of aryl methyl sites for hydroxylation is 1. The minimum absolute atomic E-state index is 0.375. The first-order valence-corrected chi connectivity index (χ1v) is 7.23. The maximum absolute atomic E-state index is 9.90. The van der Waals surface area contributed by atoms with Crippen molar-refractivity contribution in [2.24, 2.45) is 0 Å². The van der Waals surface area contributed by atoms with E-state index in [1.807, 2.05) is 37.8 Å². The molecule has 2 N–H and O–H groups in total. The number of nitrogens with zero attached hydrogens (tertiary/aromatic N) is 2. The first kappa shape index (κ1) is 13.2. The first-order valence-electron chi connectivity index (χ1n) is 7.23. The average molecular weight is 271 g/mol. The molecule has 1 fully saturated rings. The number of phenolic OH excluding ortho intramolecular Hbond substituents is 1. The summed E-state index contributed by atoms with van der Waals surface area (Å²) in [7, 11) is 0. The van der Waals surface area contributed by atoms with E-state index < -0.39 is 0 Å². The van der Waals surface area contributed by atoms with Crippen molar-refractivity contribution in [2.45, 2.75) is 44.8 Å². The summed E-state index contributed by atoms with van der Waals surface area (Å²) in [6.07, 6.45) is 9.37. The van der Waals surface area contributed by atoms with E-state index in [9.17, 15) is 5.11 Å². The van der Waals surface area contributed by atoms with Crippen LogP contribution in [-0.2, 0) is 6.54 Å². The van der Waals surface area contributed by atoms with Gasteiger partial charge in [0.1, 0.15) is 5.75 Å². The molecule has 2 unspecified atom stereocenters. The normalized spacial score (nSPS) is 22.2. The standard InChI is InChI=1S/C16H21N3O/c1-12-5-6-16(20)13(9-12)10-18-14-3-2-4-15(14)19-8-7-17-11-19/h5-9,11,14-15,18,20H,2-4,10H2,1H3. The smallest absolute Gasteiger partial charge is 0.120 e. The Bertz CT molecular complexity index is 565. The van der Waals surface area contributed by atoms with Crippen LogP contribution in [0, 0.1) is 6.92 Å². The first-order chi connectivity index (χ1) is 9.74. The minimum Gasteiger partial charge on any atom is -0.508 e. The van der Waals surface area contributed by atoms with E-state index in [1.54, 1.807) is 6.07 Å². The van der Waals surface area contributed by atoms with Gasteiger partial charge >= 0.3 is 0 Å². The molecule has 0 spiro atoms. The summed E-state index contributed by atoms with van der Waals surface area (Å²) >= 11 is 0. The number of nitrogens with one attached hydrogen (secondary N) is 1. The Labute approximate surface area is 119 Å². The van der Waals surface area contributed by atoms with Crippen LogP contribution in [-0.4, -0.2) is 20.7 Å². The molecule has 1 aromatic carbocycles. The Kier molecular flexibility index (Phi) is 3.74. The second-order valence-electron chi connectivity index (χ2n) is 5.63. The molecule has 106 valence electrons. The Balaban J connectivity index is 1.67. The van der Waals surface area contributed by atoms with Crippen molar-refractivity contribution in [3.05, 3.63) is 48.0 Å². The van der Waals surface area contributed by atoms with Crippen LogP contribution in [0.1, 0.15) is 36.4 Å². The number of hydrogen-bond acceptors (Lipinski definition) is 3. The zero-order valence-corrected chi connectivity index (χ0v) is 11.8. The number of benzene rings is 1. The number of hydrogen-bond donors (Lipinski definition) is 2. The fourth-order valence-electron chi connectivity index (χ4n) is 3.10. The predicted molar refractivity (Wildman–Crippen MR) is 78.6 cm³/mol. The maximum Gasteiger partial charge on any atom is 0.120 e. The van der Waals surface area contributed by atoms with Gasteiger partial charge in [-0.25, -0.2) is 4.98 Å². The third kappa shape index (κ3) is 2.70. The zero-order valence-electron chi connectivity index (χ0n) is 11.8. The molecule has 1 aliphatic carbocycles. The van der Waals surface area contributed by atoms with Gasteiger partial charge in [-0.3, -0.25) is 0 Å². The highest BCUT2D eigenvalue weighted by Gasteiger charge is 2.27. The molecule has 1 aliphatic rings. The number of imidazole rings is 1. The summed E-state index contributed by atoms with van der Waals surface area (Å²) in [5.41, 5.74) is 2.15. The van der Waals surface area contributed by atoms with Crippen LogP contribution in [0.25, 0.3) is 0 Å². The van der Waals surface area contributed by atoms with E-state index in [4.69, 9.17) is 0 Å². The quantitative estimate of drug-likeness (QED) is 0.899. The van der Waals surface area contributed by atoms with E-state index >= 15 is 0 Å². The third-order valence-corrected chi connectivity index (χ3v) is 4.18. The lowest BCUT2D eigenvalue weighted by molar-refractivity contribution is 0.386. The zero-order chi connectivity index (χ0) is 13.9. The molecule has 4 heteroatoms. The van der Waals surface area contributed by atoms with Gasteiger partial charge in [-0.1, -0.05) is 17.7 Å². The number of aromatic hydroxyl groups is 1. The van der Waals surface area contributed by atoms with Gasteiger partial charge < -0.3 is 15.0 Å². The number of aromatic nitrogens is 2. The van der Waals surface area contributed by atoms with Crippen molar-refractivity contribution >= 4 is 0 Å². The van der Waals surface area contributed by atoms with Crippen LogP contribution < -0.4 is 5.32 Å². The Hall–Kier alpha value is -1.81. The monoisotopic (exact) mass is 271 g/mol. The van der Waals surface area contributed by atoms with Crippen molar-refractivity contribution in [2.75, 3.05) is 0 Å². The van der Waals surface area contributed by atoms with Gasteiger partial charge in [-0.05, 0) is 32.3 Å². The van der Waals surface area contributed by atoms with Gasteiger partial charge in [0, 0.05) is 36.6 Å². The molecular formula is C16H21N3O. The van der Waals surface area contributed by atoms with Crippen LogP contribution in [0.2, 0.25) is 0 Å². The van der Waals surface area contributed by atoms with Crippen molar-refractivity contribution in [3.8, 4) is 5.75 Å². The average Bonchev–Trinajstić information content (AvgIpc) is 3.09. The van der Waals surface area contributed by atoms with Gasteiger partial charge in [0.2, 0.25) is 0 Å². The molecule has 1 saturated carbocycles. The van der Waals surface area contributed by atoms with Crippen LogP contribution in [0.5, 0.6) is 5.75 Å².